The van der Waals surface area contributed by atoms with Gasteiger partial charge in [-0.1, -0.05) is 0 Å². The Morgan fingerprint density at radius 1 is 1.42 bits per heavy atom. The predicted octanol–water partition coefficient (Wildman–Crippen LogP) is 2.18. The molecule has 0 aliphatic heterocycles. The summed E-state index contributed by atoms with van der Waals surface area (Å²) in [5.74, 6) is -0.157. The molecule has 1 aromatic carbocycles. The van der Waals surface area contributed by atoms with Gasteiger partial charge in [-0.05, 0) is 34.5 Å². The van der Waals surface area contributed by atoms with Crippen LogP contribution >= 0.6 is 15.9 Å². The molecule has 0 fully saturated rings. The summed E-state index contributed by atoms with van der Waals surface area (Å²) in [5.41, 5.74) is 0.808. The maximum absolute atomic E-state index is 9.30. The van der Waals surface area contributed by atoms with Gasteiger partial charge in [-0.3, -0.25) is 0 Å². The second kappa shape index (κ2) is 3.23. The molecule has 0 bridgehead atoms. The molecule has 0 saturated carbocycles. The third-order valence-corrected chi connectivity index (χ3v) is 2.55. The van der Waals surface area contributed by atoms with Crippen LogP contribution in [0.25, 0.3) is 0 Å². The first-order valence-corrected chi connectivity index (χ1v) is 4.12. The predicted molar refractivity (Wildman–Crippen MR) is 48.8 cm³/mol. The maximum Gasteiger partial charge on any atom is 0.201 e. The van der Waals surface area contributed by atoms with Crippen LogP contribution in [0.3, 0.4) is 0 Å². The van der Waals surface area contributed by atoms with E-state index in [1.54, 1.807) is 6.92 Å². The van der Waals surface area contributed by atoms with Crippen LogP contribution in [0, 0.1) is 6.92 Å². The molecule has 0 atom stereocenters. The van der Waals surface area contributed by atoms with Gasteiger partial charge in [0.15, 0.2) is 11.5 Å². The van der Waals surface area contributed by atoms with Crippen LogP contribution < -0.4 is 4.74 Å². The second-order valence-corrected chi connectivity index (χ2v) is 3.20. The molecule has 0 radical (unpaired) electrons. The Kier molecular flexibility index (Phi) is 2.47. The first-order valence-electron chi connectivity index (χ1n) is 3.33. The van der Waals surface area contributed by atoms with Gasteiger partial charge in [0, 0.05) is 0 Å². The van der Waals surface area contributed by atoms with Gasteiger partial charge in [0.2, 0.25) is 5.75 Å². The molecule has 0 aliphatic carbocycles. The fourth-order valence-corrected chi connectivity index (χ4v) is 1.39. The van der Waals surface area contributed by atoms with Gasteiger partial charge < -0.3 is 14.9 Å². The number of rotatable bonds is 1. The molecule has 0 spiro atoms. The molecule has 3 nitrogen and oxygen atoms in total. The highest BCUT2D eigenvalue weighted by atomic mass is 79.9. The summed E-state index contributed by atoms with van der Waals surface area (Å²) in [4.78, 5) is 0. The minimum absolute atomic E-state index is 0.174. The molecule has 0 saturated heterocycles. The van der Waals surface area contributed by atoms with E-state index in [4.69, 9.17) is 4.74 Å². The van der Waals surface area contributed by atoms with Crippen LogP contribution in [0.1, 0.15) is 5.56 Å². The summed E-state index contributed by atoms with van der Waals surface area (Å²) >= 11 is 3.23. The highest BCUT2D eigenvalue weighted by Gasteiger charge is 2.13. The lowest BCUT2D eigenvalue weighted by atomic mass is 10.2. The molecule has 0 amide bonds. The molecule has 2 N–H and O–H groups in total. The summed E-state index contributed by atoms with van der Waals surface area (Å²) in [7, 11) is 1.43. The number of halogens is 1. The van der Waals surface area contributed by atoms with E-state index in [9.17, 15) is 10.2 Å². The van der Waals surface area contributed by atoms with Crippen LogP contribution in [-0.4, -0.2) is 17.3 Å². The van der Waals surface area contributed by atoms with E-state index in [1.807, 2.05) is 0 Å². The van der Waals surface area contributed by atoms with Gasteiger partial charge in [-0.2, -0.15) is 0 Å². The van der Waals surface area contributed by atoms with Crippen molar-refractivity contribution >= 4 is 15.9 Å². The summed E-state index contributed by atoms with van der Waals surface area (Å²) in [6.45, 7) is 1.80. The van der Waals surface area contributed by atoms with Gasteiger partial charge in [0.1, 0.15) is 0 Å². The van der Waals surface area contributed by atoms with Crippen molar-refractivity contribution in [1.82, 2.24) is 0 Å². The minimum atomic E-state index is -0.241. The van der Waals surface area contributed by atoms with Crippen molar-refractivity contribution in [3.63, 3.8) is 0 Å². The van der Waals surface area contributed by atoms with Crippen molar-refractivity contribution in [1.29, 1.82) is 0 Å². The lowest BCUT2D eigenvalue weighted by molar-refractivity contribution is 0.348. The Morgan fingerprint density at radius 3 is 2.50 bits per heavy atom. The monoisotopic (exact) mass is 232 g/mol. The van der Waals surface area contributed by atoms with E-state index in [-0.39, 0.29) is 17.2 Å². The number of methoxy groups -OCH3 is 1. The molecule has 1 rings (SSSR count). The Balaban J connectivity index is 3.42. The van der Waals surface area contributed by atoms with Crippen molar-refractivity contribution < 1.29 is 14.9 Å². The zero-order valence-corrected chi connectivity index (χ0v) is 8.34. The van der Waals surface area contributed by atoms with Gasteiger partial charge in [0.05, 0.1) is 11.6 Å². The van der Waals surface area contributed by atoms with E-state index in [0.29, 0.717) is 4.47 Å². The molecule has 0 unspecified atom stereocenters. The molecular weight excluding hydrogens is 224 g/mol. The SMILES string of the molecule is COc1c(O)c(O)cc(C)c1Br. The zero-order chi connectivity index (χ0) is 9.30. The van der Waals surface area contributed by atoms with Crippen molar-refractivity contribution in [2.24, 2.45) is 0 Å². The summed E-state index contributed by atoms with van der Waals surface area (Å²) in [5, 5.41) is 18.5. The second-order valence-electron chi connectivity index (χ2n) is 2.41. The van der Waals surface area contributed by atoms with Crippen molar-refractivity contribution in [3.8, 4) is 17.2 Å². The number of hydrogen-bond acceptors (Lipinski definition) is 3. The average molecular weight is 233 g/mol. The highest BCUT2D eigenvalue weighted by Crippen LogP contribution is 2.42. The molecule has 0 aliphatic rings. The smallest absolute Gasteiger partial charge is 0.201 e. The standard InChI is InChI=1S/C8H9BrO3/c1-4-3-5(10)7(11)8(12-2)6(4)9/h3,10-11H,1-2H3. The van der Waals surface area contributed by atoms with E-state index < -0.39 is 0 Å². The Hall–Kier alpha value is -0.900. The van der Waals surface area contributed by atoms with E-state index in [1.165, 1.54) is 13.2 Å². The maximum atomic E-state index is 9.30. The molecular formula is C8H9BrO3. The molecule has 0 heterocycles. The van der Waals surface area contributed by atoms with Crippen LogP contribution in [0.2, 0.25) is 0 Å². The topological polar surface area (TPSA) is 49.7 Å². The van der Waals surface area contributed by atoms with Gasteiger partial charge in [-0.15, -0.1) is 0 Å². The van der Waals surface area contributed by atoms with Crippen molar-refractivity contribution in [2.45, 2.75) is 6.92 Å². The third kappa shape index (κ3) is 1.34. The van der Waals surface area contributed by atoms with E-state index >= 15 is 0 Å². The van der Waals surface area contributed by atoms with Crippen molar-refractivity contribution in [2.75, 3.05) is 7.11 Å². The molecule has 1 aromatic rings. The number of ether oxygens (including phenoxy) is 1. The Bertz CT molecular complexity index is 283. The Labute approximate surface area is 78.7 Å². The summed E-state index contributed by atoms with van der Waals surface area (Å²) in [6, 6.07) is 1.46. The first kappa shape index (κ1) is 9.19. The van der Waals surface area contributed by atoms with Crippen LogP contribution in [0.5, 0.6) is 17.2 Å². The summed E-state index contributed by atoms with van der Waals surface area (Å²) < 4.78 is 5.53. The van der Waals surface area contributed by atoms with Gasteiger partial charge in [-0.25, -0.2) is 0 Å². The number of phenolic OH excluding ortho intramolecular Hbond substituents is 2. The van der Waals surface area contributed by atoms with Crippen LogP contribution in [-0.2, 0) is 0 Å². The molecule has 12 heavy (non-hydrogen) atoms. The number of hydrogen-bond donors (Lipinski definition) is 2. The largest absolute Gasteiger partial charge is 0.504 e. The molecule has 0 aromatic heterocycles. The lowest BCUT2D eigenvalue weighted by Crippen LogP contribution is -1.88. The van der Waals surface area contributed by atoms with Gasteiger partial charge in [0.25, 0.3) is 0 Å². The molecule has 4 heteroatoms. The first-order chi connectivity index (χ1) is 5.57. The van der Waals surface area contributed by atoms with Crippen LogP contribution in [0.4, 0.5) is 0 Å². The average Bonchev–Trinajstić information content (AvgIpc) is 2.02. The minimum Gasteiger partial charge on any atom is -0.504 e. The lowest BCUT2D eigenvalue weighted by Gasteiger charge is -2.09. The van der Waals surface area contributed by atoms with Crippen molar-refractivity contribution in [3.05, 3.63) is 16.1 Å². The van der Waals surface area contributed by atoms with Gasteiger partial charge >= 0.3 is 0 Å². The van der Waals surface area contributed by atoms with E-state index in [2.05, 4.69) is 15.9 Å². The number of phenols is 2. The number of aryl methyl sites for hydroxylation is 1. The fourth-order valence-electron chi connectivity index (χ4n) is 0.922. The Morgan fingerprint density at radius 2 is 2.00 bits per heavy atom. The fraction of sp³-hybridized carbons (Fsp3) is 0.250. The third-order valence-electron chi connectivity index (χ3n) is 1.56. The normalized spacial score (nSPS) is 9.92. The highest BCUT2D eigenvalue weighted by molar-refractivity contribution is 9.10. The number of benzene rings is 1. The van der Waals surface area contributed by atoms with Crippen LogP contribution in [0.15, 0.2) is 10.5 Å². The molecule has 66 valence electrons. The van der Waals surface area contributed by atoms with E-state index in [0.717, 1.165) is 5.56 Å². The quantitative estimate of drug-likeness (QED) is 0.731. The summed E-state index contributed by atoms with van der Waals surface area (Å²) in [6.07, 6.45) is 0. The zero-order valence-electron chi connectivity index (χ0n) is 6.76. The number of aromatic hydroxyl groups is 2.